The first-order valence-corrected chi connectivity index (χ1v) is 7.78. The molecule has 0 radical (unpaired) electrons. The summed E-state index contributed by atoms with van der Waals surface area (Å²) in [6, 6.07) is 9.39. The standard InChI is InChI=1S/C17H24N2O4/c1-17(2,3)23-16(21)19-10-9-14(11-19)18-15(20)22-12-13-7-5-4-6-8-13/h4-8,14H,9-12H2,1-3H3,(H,18,20)/t14-/m0/s1. The number of rotatable bonds is 3. The summed E-state index contributed by atoms with van der Waals surface area (Å²) in [5.74, 6) is 0. The molecule has 126 valence electrons. The Morgan fingerprint density at radius 1 is 1.26 bits per heavy atom. The quantitative estimate of drug-likeness (QED) is 0.930. The van der Waals surface area contributed by atoms with Crippen LogP contribution in [0.15, 0.2) is 30.3 Å². The maximum atomic E-state index is 12.0. The fourth-order valence-corrected chi connectivity index (χ4v) is 2.30. The third-order valence-corrected chi connectivity index (χ3v) is 3.37. The minimum atomic E-state index is -0.517. The fraction of sp³-hybridized carbons (Fsp3) is 0.529. The normalized spacial score (nSPS) is 17.7. The number of benzene rings is 1. The molecule has 1 fully saturated rings. The lowest BCUT2D eigenvalue weighted by molar-refractivity contribution is 0.0290. The summed E-state index contributed by atoms with van der Waals surface area (Å²) in [7, 11) is 0. The molecular formula is C17H24N2O4. The Bertz CT molecular complexity index is 539. The highest BCUT2D eigenvalue weighted by atomic mass is 16.6. The van der Waals surface area contributed by atoms with Gasteiger partial charge in [0.25, 0.3) is 0 Å². The Hall–Kier alpha value is -2.24. The Morgan fingerprint density at radius 2 is 1.96 bits per heavy atom. The maximum Gasteiger partial charge on any atom is 0.410 e. The second-order valence-electron chi connectivity index (χ2n) is 6.62. The van der Waals surface area contributed by atoms with E-state index in [4.69, 9.17) is 9.47 Å². The summed E-state index contributed by atoms with van der Waals surface area (Å²) in [5, 5.41) is 2.79. The van der Waals surface area contributed by atoms with Crippen LogP contribution >= 0.6 is 0 Å². The van der Waals surface area contributed by atoms with E-state index in [9.17, 15) is 9.59 Å². The first-order chi connectivity index (χ1) is 10.8. The zero-order valence-corrected chi connectivity index (χ0v) is 13.9. The van der Waals surface area contributed by atoms with Crippen molar-refractivity contribution >= 4 is 12.2 Å². The van der Waals surface area contributed by atoms with Crippen LogP contribution in [0.25, 0.3) is 0 Å². The van der Waals surface area contributed by atoms with E-state index in [2.05, 4.69) is 5.32 Å². The second-order valence-corrected chi connectivity index (χ2v) is 6.62. The summed E-state index contributed by atoms with van der Waals surface area (Å²) < 4.78 is 10.5. The van der Waals surface area contributed by atoms with Gasteiger partial charge in [-0.3, -0.25) is 0 Å². The minimum Gasteiger partial charge on any atom is -0.445 e. The SMILES string of the molecule is CC(C)(C)OC(=O)N1CC[C@H](NC(=O)OCc2ccccc2)C1. The number of hydrogen-bond acceptors (Lipinski definition) is 4. The Kier molecular flexibility index (Phi) is 5.47. The van der Waals surface area contributed by atoms with Crippen molar-refractivity contribution in [2.24, 2.45) is 0 Å². The van der Waals surface area contributed by atoms with Gasteiger partial charge in [-0.25, -0.2) is 9.59 Å². The third kappa shape index (κ3) is 5.81. The highest BCUT2D eigenvalue weighted by Crippen LogP contribution is 2.15. The fourth-order valence-electron chi connectivity index (χ4n) is 2.30. The summed E-state index contributed by atoms with van der Waals surface area (Å²) in [4.78, 5) is 25.4. The molecular weight excluding hydrogens is 296 g/mol. The monoisotopic (exact) mass is 320 g/mol. The molecule has 0 aliphatic carbocycles. The van der Waals surface area contributed by atoms with Crippen LogP contribution in [0.2, 0.25) is 0 Å². The summed E-state index contributed by atoms with van der Waals surface area (Å²) in [5.41, 5.74) is 0.418. The average molecular weight is 320 g/mol. The number of hydrogen-bond donors (Lipinski definition) is 1. The molecule has 0 bridgehead atoms. The molecule has 6 nitrogen and oxygen atoms in total. The second kappa shape index (κ2) is 7.35. The molecule has 2 rings (SSSR count). The predicted molar refractivity (Wildman–Crippen MR) is 86.0 cm³/mol. The van der Waals surface area contributed by atoms with E-state index in [0.29, 0.717) is 19.5 Å². The van der Waals surface area contributed by atoms with Gasteiger partial charge in [0.2, 0.25) is 0 Å². The lowest BCUT2D eigenvalue weighted by Gasteiger charge is -2.24. The Balaban J connectivity index is 1.72. The van der Waals surface area contributed by atoms with Crippen LogP contribution in [-0.2, 0) is 16.1 Å². The molecule has 0 saturated carbocycles. The predicted octanol–water partition coefficient (Wildman–Crippen LogP) is 2.92. The lowest BCUT2D eigenvalue weighted by atomic mass is 10.2. The molecule has 1 aliphatic heterocycles. The van der Waals surface area contributed by atoms with Crippen molar-refractivity contribution in [1.82, 2.24) is 10.2 Å². The van der Waals surface area contributed by atoms with Crippen LogP contribution in [0.1, 0.15) is 32.8 Å². The molecule has 1 aliphatic rings. The van der Waals surface area contributed by atoms with Gasteiger partial charge in [0.15, 0.2) is 0 Å². The minimum absolute atomic E-state index is 0.106. The van der Waals surface area contributed by atoms with Gasteiger partial charge in [0.1, 0.15) is 12.2 Å². The first kappa shape index (κ1) is 17.1. The van der Waals surface area contributed by atoms with Crippen molar-refractivity contribution in [3.8, 4) is 0 Å². The summed E-state index contributed by atoms with van der Waals surface area (Å²) >= 11 is 0. The zero-order chi connectivity index (χ0) is 16.9. The van der Waals surface area contributed by atoms with Crippen LogP contribution in [-0.4, -0.2) is 41.8 Å². The van der Waals surface area contributed by atoms with Gasteiger partial charge in [0, 0.05) is 13.1 Å². The molecule has 1 heterocycles. The van der Waals surface area contributed by atoms with Crippen molar-refractivity contribution in [3.63, 3.8) is 0 Å². The number of nitrogens with one attached hydrogen (secondary N) is 1. The van der Waals surface area contributed by atoms with E-state index in [-0.39, 0.29) is 18.7 Å². The zero-order valence-electron chi connectivity index (χ0n) is 13.9. The van der Waals surface area contributed by atoms with Crippen molar-refractivity contribution in [1.29, 1.82) is 0 Å². The highest BCUT2D eigenvalue weighted by molar-refractivity contribution is 5.70. The van der Waals surface area contributed by atoms with Crippen LogP contribution in [0.4, 0.5) is 9.59 Å². The number of amides is 2. The Morgan fingerprint density at radius 3 is 2.61 bits per heavy atom. The van der Waals surface area contributed by atoms with E-state index in [1.807, 2.05) is 51.1 Å². The van der Waals surface area contributed by atoms with Crippen LogP contribution < -0.4 is 5.32 Å². The molecule has 2 amide bonds. The number of alkyl carbamates (subject to hydrolysis) is 1. The van der Waals surface area contributed by atoms with E-state index < -0.39 is 11.7 Å². The molecule has 6 heteroatoms. The third-order valence-electron chi connectivity index (χ3n) is 3.37. The summed E-state index contributed by atoms with van der Waals surface area (Å²) in [6.45, 7) is 6.73. The van der Waals surface area contributed by atoms with Gasteiger partial charge in [-0.15, -0.1) is 0 Å². The van der Waals surface area contributed by atoms with Gasteiger partial charge < -0.3 is 19.7 Å². The van der Waals surface area contributed by atoms with Crippen molar-refractivity contribution in [3.05, 3.63) is 35.9 Å². The molecule has 1 N–H and O–H groups in total. The average Bonchev–Trinajstić information content (AvgIpc) is 2.93. The van der Waals surface area contributed by atoms with Crippen LogP contribution in [0.3, 0.4) is 0 Å². The van der Waals surface area contributed by atoms with E-state index in [1.54, 1.807) is 4.90 Å². The van der Waals surface area contributed by atoms with Crippen molar-refractivity contribution < 1.29 is 19.1 Å². The van der Waals surface area contributed by atoms with Gasteiger partial charge in [0.05, 0.1) is 6.04 Å². The topological polar surface area (TPSA) is 67.9 Å². The summed E-state index contributed by atoms with van der Waals surface area (Å²) in [6.07, 6.45) is -0.121. The number of ether oxygens (including phenoxy) is 2. The van der Waals surface area contributed by atoms with Gasteiger partial charge in [-0.2, -0.15) is 0 Å². The van der Waals surface area contributed by atoms with Crippen molar-refractivity contribution in [2.75, 3.05) is 13.1 Å². The molecule has 1 saturated heterocycles. The number of likely N-dealkylation sites (tertiary alicyclic amines) is 1. The molecule has 23 heavy (non-hydrogen) atoms. The van der Waals surface area contributed by atoms with Gasteiger partial charge in [-0.1, -0.05) is 30.3 Å². The van der Waals surface area contributed by atoms with E-state index >= 15 is 0 Å². The number of carbonyl (C=O) groups excluding carboxylic acids is 2. The van der Waals surface area contributed by atoms with Gasteiger partial charge >= 0.3 is 12.2 Å². The van der Waals surface area contributed by atoms with Crippen LogP contribution in [0.5, 0.6) is 0 Å². The molecule has 0 unspecified atom stereocenters. The van der Waals surface area contributed by atoms with Gasteiger partial charge in [-0.05, 0) is 32.8 Å². The smallest absolute Gasteiger partial charge is 0.410 e. The molecule has 1 aromatic rings. The highest BCUT2D eigenvalue weighted by Gasteiger charge is 2.30. The molecule has 0 spiro atoms. The first-order valence-electron chi connectivity index (χ1n) is 7.78. The molecule has 0 aromatic heterocycles. The maximum absolute atomic E-state index is 12.0. The van der Waals surface area contributed by atoms with Crippen molar-refractivity contribution in [2.45, 2.75) is 45.4 Å². The van der Waals surface area contributed by atoms with E-state index in [1.165, 1.54) is 0 Å². The molecule has 1 aromatic carbocycles. The van der Waals surface area contributed by atoms with E-state index in [0.717, 1.165) is 5.56 Å². The Labute approximate surface area is 136 Å². The number of carbonyl (C=O) groups is 2. The molecule has 1 atom stereocenters. The lowest BCUT2D eigenvalue weighted by Crippen LogP contribution is -2.40. The van der Waals surface area contributed by atoms with Crippen LogP contribution in [0, 0.1) is 0 Å². The number of nitrogens with zero attached hydrogens (tertiary/aromatic N) is 1. The largest absolute Gasteiger partial charge is 0.445 e.